The molecule has 1 N–H and O–H groups in total. The zero-order chi connectivity index (χ0) is 21.6. The van der Waals surface area contributed by atoms with Crippen LogP contribution in [0.25, 0.3) is 11.1 Å². The van der Waals surface area contributed by atoms with Crippen LogP contribution in [0.4, 0.5) is 5.82 Å². The zero-order valence-corrected chi connectivity index (χ0v) is 16.7. The number of aromatic nitrogens is 1. The number of halogens is 1. The van der Waals surface area contributed by atoms with Crippen LogP contribution < -0.4 is 10.6 Å². The minimum atomic E-state index is -0.657. The predicted molar refractivity (Wildman–Crippen MR) is 111 cm³/mol. The molecule has 0 saturated heterocycles. The highest BCUT2D eigenvalue weighted by atomic mass is 35.5. The van der Waals surface area contributed by atoms with E-state index in [1.165, 1.54) is 17.3 Å². The topological polar surface area (TPSA) is 115 Å². The third-order valence-electron chi connectivity index (χ3n) is 4.72. The third kappa shape index (κ3) is 2.91. The van der Waals surface area contributed by atoms with Crippen molar-refractivity contribution in [1.29, 1.82) is 10.5 Å². The predicted octanol–water partition coefficient (Wildman–Crippen LogP) is 3.27. The van der Waals surface area contributed by atoms with Gasteiger partial charge in [0, 0.05) is 23.8 Å². The van der Waals surface area contributed by atoms with Crippen molar-refractivity contribution < 1.29 is 9.84 Å². The smallest absolute Gasteiger partial charge is 0.289 e. The number of rotatable bonds is 1. The lowest BCUT2D eigenvalue weighted by Gasteiger charge is -2.21. The van der Waals surface area contributed by atoms with Crippen LogP contribution in [0.1, 0.15) is 18.1 Å². The fraction of sp³-hybridized carbons (Fsp3) is 0.143. The summed E-state index contributed by atoms with van der Waals surface area (Å²) >= 11 is 5.96. The van der Waals surface area contributed by atoms with Gasteiger partial charge in [0.05, 0.1) is 5.57 Å². The number of nitriles is 2. The standard InChI is InChI=1S/C21H14ClN5O3/c1-11-7-17(28)16-10-26(2)27-19(25-20(16)30-11)14(8-23)18(15(9-24)21(27)29)12-3-5-13(22)6-4-12/h3-7,10-11,28H,1-2H3. The summed E-state index contributed by atoms with van der Waals surface area (Å²) in [5.74, 6) is 0.0116. The van der Waals surface area contributed by atoms with Crippen molar-refractivity contribution >= 4 is 23.3 Å². The summed E-state index contributed by atoms with van der Waals surface area (Å²) in [6, 6.07) is 10.5. The van der Waals surface area contributed by atoms with Crippen LogP contribution >= 0.6 is 11.6 Å². The summed E-state index contributed by atoms with van der Waals surface area (Å²) in [5, 5.41) is 31.9. The van der Waals surface area contributed by atoms with Crippen LogP contribution in [0, 0.1) is 22.7 Å². The molecule has 1 aromatic heterocycles. The van der Waals surface area contributed by atoms with E-state index in [1.54, 1.807) is 38.2 Å². The molecule has 0 fully saturated rings. The summed E-state index contributed by atoms with van der Waals surface area (Å²) in [6.07, 6.45) is 2.51. The lowest BCUT2D eigenvalue weighted by Crippen LogP contribution is -2.37. The van der Waals surface area contributed by atoms with Gasteiger partial charge in [0.1, 0.15) is 35.1 Å². The molecule has 2 aromatic rings. The maximum Gasteiger partial charge on any atom is 0.289 e. The quantitative estimate of drug-likeness (QED) is 0.758. The second kappa shape index (κ2) is 7.11. The summed E-state index contributed by atoms with van der Waals surface area (Å²) in [7, 11) is 1.55. The molecule has 0 amide bonds. The van der Waals surface area contributed by atoms with Gasteiger partial charge >= 0.3 is 0 Å². The molecule has 1 aromatic carbocycles. The second-order valence-electron chi connectivity index (χ2n) is 6.70. The van der Waals surface area contributed by atoms with Gasteiger partial charge in [0.25, 0.3) is 5.56 Å². The van der Waals surface area contributed by atoms with Crippen LogP contribution in [0.15, 0.2) is 57.7 Å². The highest BCUT2D eigenvalue weighted by molar-refractivity contribution is 6.30. The van der Waals surface area contributed by atoms with Gasteiger partial charge in [-0.3, -0.25) is 9.80 Å². The van der Waals surface area contributed by atoms with E-state index in [9.17, 15) is 20.4 Å². The number of pyridine rings is 1. The van der Waals surface area contributed by atoms with Crippen LogP contribution in [-0.2, 0) is 4.74 Å². The van der Waals surface area contributed by atoms with Gasteiger partial charge in [-0.2, -0.15) is 20.2 Å². The van der Waals surface area contributed by atoms with Crippen molar-refractivity contribution in [2.75, 3.05) is 12.1 Å². The number of aliphatic hydroxyl groups is 1. The number of fused-ring (bicyclic) bond motifs is 2. The SMILES string of the molecule is CC1C=C(O)C2=CN(C)n3c(c(C#N)c(-c4ccc(Cl)cc4)c(C#N)c3=O)N=C2O1. The van der Waals surface area contributed by atoms with E-state index in [4.69, 9.17) is 16.3 Å². The Hall–Kier alpha value is -4.01. The van der Waals surface area contributed by atoms with E-state index >= 15 is 0 Å². The molecule has 30 heavy (non-hydrogen) atoms. The van der Waals surface area contributed by atoms with E-state index in [1.807, 2.05) is 6.07 Å². The molecule has 1 atom stereocenters. The molecule has 0 bridgehead atoms. The first-order valence-electron chi connectivity index (χ1n) is 8.86. The first-order valence-corrected chi connectivity index (χ1v) is 9.24. The third-order valence-corrected chi connectivity index (χ3v) is 4.97. The number of ether oxygens (including phenoxy) is 1. The van der Waals surface area contributed by atoms with Crippen molar-refractivity contribution in [1.82, 2.24) is 4.68 Å². The fourth-order valence-corrected chi connectivity index (χ4v) is 3.53. The molecule has 1 unspecified atom stereocenters. The largest absolute Gasteiger partial charge is 0.507 e. The Bertz CT molecular complexity index is 1310. The Morgan fingerprint density at radius 1 is 1.20 bits per heavy atom. The lowest BCUT2D eigenvalue weighted by molar-refractivity contribution is 0.237. The van der Waals surface area contributed by atoms with Crippen molar-refractivity contribution in [3.63, 3.8) is 0 Å². The molecule has 0 radical (unpaired) electrons. The van der Waals surface area contributed by atoms with Gasteiger partial charge < -0.3 is 9.84 Å². The molecule has 0 aliphatic carbocycles. The first kappa shape index (κ1) is 19.3. The maximum absolute atomic E-state index is 13.2. The van der Waals surface area contributed by atoms with Gasteiger partial charge in [-0.25, -0.2) is 0 Å². The average Bonchev–Trinajstić information content (AvgIpc) is 2.85. The molecule has 4 rings (SSSR count). The Kier molecular flexibility index (Phi) is 4.57. The summed E-state index contributed by atoms with van der Waals surface area (Å²) < 4.78 is 6.82. The fourth-order valence-electron chi connectivity index (χ4n) is 3.41. The highest BCUT2D eigenvalue weighted by Gasteiger charge is 2.31. The van der Waals surface area contributed by atoms with E-state index in [0.717, 1.165) is 4.68 Å². The molecule has 3 heterocycles. The summed E-state index contributed by atoms with van der Waals surface area (Å²) in [6.45, 7) is 1.72. The second-order valence-corrected chi connectivity index (χ2v) is 7.14. The van der Waals surface area contributed by atoms with E-state index in [-0.39, 0.29) is 39.7 Å². The van der Waals surface area contributed by atoms with Gasteiger partial charge in [-0.05, 0) is 30.7 Å². The lowest BCUT2D eigenvalue weighted by atomic mass is 9.96. The minimum absolute atomic E-state index is 0.00269. The number of aliphatic imine (C=N–C) groups is 1. The van der Waals surface area contributed by atoms with Gasteiger partial charge in [-0.1, -0.05) is 23.7 Å². The minimum Gasteiger partial charge on any atom is -0.507 e. The molecule has 8 nitrogen and oxygen atoms in total. The molecule has 0 spiro atoms. The number of nitrogens with zero attached hydrogens (tertiary/aromatic N) is 5. The number of aliphatic hydroxyl groups excluding tert-OH is 1. The molecule has 0 saturated carbocycles. The van der Waals surface area contributed by atoms with E-state index in [0.29, 0.717) is 10.6 Å². The monoisotopic (exact) mass is 419 g/mol. The zero-order valence-electron chi connectivity index (χ0n) is 15.9. The summed E-state index contributed by atoms with van der Waals surface area (Å²) in [5.41, 5.74) is 0.0610. The van der Waals surface area contributed by atoms with Gasteiger partial charge in [-0.15, -0.1) is 0 Å². The average molecular weight is 420 g/mol. The molecule has 148 valence electrons. The molecule has 2 aliphatic rings. The first-order chi connectivity index (χ1) is 14.3. The van der Waals surface area contributed by atoms with Gasteiger partial charge in [0.15, 0.2) is 5.82 Å². The molecule has 2 aliphatic heterocycles. The molecule has 9 heteroatoms. The van der Waals surface area contributed by atoms with Crippen molar-refractivity contribution in [3.8, 4) is 23.3 Å². The van der Waals surface area contributed by atoms with Crippen molar-refractivity contribution in [3.05, 3.63) is 74.4 Å². The Labute approximate surface area is 176 Å². The van der Waals surface area contributed by atoms with E-state index < -0.39 is 11.7 Å². The number of hydrogen-bond donors (Lipinski definition) is 1. The maximum atomic E-state index is 13.2. The van der Waals surface area contributed by atoms with Crippen LogP contribution in [-0.4, -0.2) is 28.8 Å². The van der Waals surface area contributed by atoms with Crippen LogP contribution in [0.5, 0.6) is 0 Å². The Morgan fingerprint density at radius 3 is 2.50 bits per heavy atom. The van der Waals surface area contributed by atoms with Crippen LogP contribution in [0.3, 0.4) is 0 Å². The van der Waals surface area contributed by atoms with Crippen molar-refractivity contribution in [2.45, 2.75) is 13.0 Å². The molecular weight excluding hydrogens is 406 g/mol. The van der Waals surface area contributed by atoms with Gasteiger partial charge in [0.2, 0.25) is 5.90 Å². The van der Waals surface area contributed by atoms with Crippen molar-refractivity contribution in [2.24, 2.45) is 4.99 Å². The molecular formula is C21H14ClN5O3. The Morgan fingerprint density at radius 2 is 1.87 bits per heavy atom. The highest BCUT2D eigenvalue weighted by Crippen LogP contribution is 2.35. The normalized spacial score (nSPS) is 17.2. The number of benzene rings is 1. The van der Waals surface area contributed by atoms with E-state index in [2.05, 4.69) is 11.1 Å². The Balaban J connectivity index is 2.11. The number of hydrogen-bond acceptors (Lipinski definition) is 7. The summed E-state index contributed by atoms with van der Waals surface area (Å²) in [4.78, 5) is 17.6. The van der Waals surface area contributed by atoms with Crippen LogP contribution in [0.2, 0.25) is 5.02 Å².